The van der Waals surface area contributed by atoms with E-state index in [0.29, 0.717) is 6.42 Å². The molecule has 1 aliphatic carbocycles. The normalized spacial score (nSPS) is 22.4. The van der Waals surface area contributed by atoms with Crippen molar-refractivity contribution in [3.8, 4) is 5.75 Å². The van der Waals surface area contributed by atoms with Crippen LogP contribution >= 0.6 is 0 Å². The van der Waals surface area contributed by atoms with Gasteiger partial charge in [0.1, 0.15) is 5.75 Å². The maximum absolute atomic E-state index is 11.9. The van der Waals surface area contributed by atoms with Crippen molar-refractivity contribution >= 4 is 11.9 Å². The van der Waals surface area contributed by atoms with Crippen molar-refractivity contribution in [3.05, 3.63) is 29.8 Å². The molecule has 0 saturated heterocycles. The number of hydrogen-bond acceptors (Lipinski definition) is 3. The van der Waals surface area contributed by atoms with Crippen molar-refractivity contribution in [1.82, 2.24) is 5.32 Å². The zero-order chi connectivity index (χ0) is 14.0. The summed E-state index contributed by atoms with van der Waals surface area (Å²) in [5, 5.41) is 11.6. The highest BCUT2D eigenvalue weighted by Gasteiger charge is 2.48. The molecule has 0 aromatic heterocycles. The maximum atomic E-state index is 11.9. The Kier molecular flexibility index (Phi) is 3.74. The van der Waals surface area contributed by atoms with Crippen LogP contribution in [0.2, 0.25) is 0 Å². The molecule has 1 saturated carbocycles. The summed E-state index contributed by atoms with van der Waals surface area (Å²) >= 11 is 0. The van der Waals surface area contributed by atoms with E-state index < -0.39 is 11.9 Å². The summed E-state index contributed by atoms with van der Waals surface area (Å²) in [6.07, 6.45) is 0.437. The standard InChI is InChI=1S/C14H17NO4/c1-8(9-4-3-5-10(6-9)19-2)15-13(16)11-7-12(11)14(17)18/h3-6,8,11-12H,7H2,1-2H3,(H,15,16)(H,17,18). The van der Waals surface area contributed by atoms with Gasteiger partial charge in [0.15, 0.2) is 0 Å². The van der Waals surface area contributed by atoms with Gasteiger partial charge in [-0.1, -0.05) is 12.1 Å². The number of benzene rings is 1. The molecule has 0 aliphatic heterocycles. The smallest absolute Gasteiger partial charge is 0.307 e. The zero-order valence-electron chi connectivity index (χ0n) is 10.9. The van der Waals surface area contributed by atoms with E-state index in [1.165, 1.54) is 0 Å². The first-order valence-corrected chi connectivity index (χ1v) is 6.20. The average molecular weight is 263 g/mol. The number of carbonyl (C=O) groups excluding carboxylic acids is 1. The Bertz CT molecular complexity index is 500. The zero-order valence-corrected chi connectivity index (χ0v) is 10.9. The van der Waals surface area contributed by atoms with Gasteiger partial charge in [0, 0.05) is 0 Å². The van der Waals surface area contributed by atoms with Crippen molar-refractivity contribution in [2.45, 2.75) is 19.4 Å². The van der Waals surface area contributed by atoms with Crippen LogP contribution in [-0.4, -0.2) is 24.1 Å². The summed E-state index contributed by atoms with van der Waals surface area (Å²) < 4.78 is 5.13. The second-order valence-electron chi connectivity index (χ2n) is 4.79. The van der Waals surface area contributed by atoms with Gasteiger partial charge in [0.05, 0.1) is 25.0 Å². The third-order valence-corrected chi connectivity index (χ3v) is 3.40. The number of aliphatic carboxylic acids is 1. The number of carboxylic acids is 1. The Morgan fingerprint density at radius 3 is 2.74 bits per heavy atom. The molecule has 1 aromatic carbocycles. The van der Waals surface area contributed by atoms with Gasteiger partial charge in [-0.2, -0.15) is 0 Å². The number of ether oxygens (including phenoxy) is 1. The summed E-state index contributed by atoms with van der Waals surface area (Å²) in [7, 11) is 1.59. The minimum Gasteiger partial charge on any atom is -0.497 e. The molecule has 2 N–H and O–H groups in total. The van der Waals surface area contributed by atoms with Crippen LogP contribution in [0.3, 0.4) is 0 Å². The van der Waals surface area contributed by atoms with Crippen LogP contribution in [0.15, 0.2) is 24.3 Å². The molecule has 1 aromatic rings. The Labute approximate surface area is 111 Å². The van der Waals surface area contributed by atoms with E-state index in [2.05, 4.69) is 5.32 Å². The quantitative estimate of drug-likeness (QED) is 0.846. The molecule has 0 radical (unpaired) electrons. The van der Waals surface area contributed by atoms with Crippen molar-refractivity contribution < 1.29 is 19.4 Å². The van der Waals surface area contributed by atoms with Crippen LogP contribution in [0.4, 0.5) is 0 Å². The fraction of sp³-hybridized carbons (Fsp3) is 0.429. The summed E-state index contributed by atoms with van der Waals surface area (Å²) in [4.78, 5) is 22.6. The Balaban J connectivity index is 1.95. The van der Waals surface area contributed by atoms with Gasteiger partial charge in [0.2, 0.25) is 5.91 Å². The third kappa shape index (κ3) is 3.05. The van der Waals surface area contributed by atoms with Gasteiger partial charge >= 0.3 is 5.97 Å². The second kappa shape index (κ2) is 5.30. The Morgan fingerprint density at radius 2 is 2.16 bits per heavy atom. The molecular weight excluding hydrogens is 246 g/mol. The largest absolute Gasteiger partial charge is 0.497 e. The number of carbonyl (C=O) groups is 2. The lowest BCUT2D eigenvalue weighted by Gasteiger charge is -2.15. The molecule has 102 valence electrons. The van der Waals surface area contributed by atoms with E-state index in [4.69, 9.17) is 9.84 Å². The lowest BCUT2D eigenvalue weighted by molar-refractivity contribution is -0.140. The first-order chi connectivity index (χ1) is 9.02. The molecular formula is C14H17NO4. The molecule has 1 amide bonds. The second-order valence-corrected chi connectivity index (χ2v) is 4.79. The number of hydrogen-bond donors (Lipinski definition) is 2. The fourth-order valence-electron chi connectivity index (χ4n) is 2.07. The lowest BCUT2D eigenvalue weighted by atomic mass is 10.1. The summed E-state index contributed by atoms with van der Waals surface area (Å²) in [5.41, 5.74) is 0.931. The van der Waals surface area contributed by atoms with E-state index in [-0.39, 0.29) is 17.9 Å². The molecule has 3 atom stereocenters. The number of nitrogens with one attached hydrogen (secondary N) is 1. The van der Waals surface area contributed by atoms with Gasteiger partial charge in [0.25, 0.3) is 0 Å². The topological polar surface area (TPSA) is 75.6 Å². The van der Waals surface area contributed by atoms with Crippen LogP contribution < -0.4 is 10.1 Å². The van der Waals surface area contributed by atoms with E-state index in [0.717, 1.165) is 11.3 Å². The van der Waals surface area contributed by atoms with E-state index in [1.807, 2.05) is 31.2 Å². The fourth-order valence-corrected chi connectivity index (χ4v) is 2.07. The molecule has 1 aliphatic rings. The number of rotatable bonds is 5. The third-order valence-electron chi connectivity index (χ3n) is 3.40. The molecule has 0 spiro atoms. The number of methoxy groups -OCH3 is 1. The van der Waals surface area contributed by atoms with Gasteiger partial charge in [-0.05, 0) is 31.0 Å². The van der Waals surface area contributed by atoms with Crippen LogP contribution in [-0.2, 0) is 9.59 Å². The van der Waals surface area contributed by atoms with Gasteiger partial charge in [-0.3, -0.25) is 9.59 Å². The first kappa shape index (κ1) is 13.4. The lowest BCUT2D eigenvalue weighted by Crippen LogP contribution is -2.29. The molecule has 0 bridgehead atoms. The summed E-state index contributed by atoms with van der Waals surface area (Å²) in [6, 6.07) is 7.27. The molecule has 5 nitrogen and oxygen atoms in total. The van der Waals surface area contributed by atoms with Crippen LogP contribution in [0, 0.1) is 11.8 Å². The van der Waals surface area contributed by atoms with Crippen molar-refractivity contribution in [1.29, 1.82) is 0 Å². The van der Waals surface area contributed by atoms with Gasteiger partial charge in [-0.25, -0.2) is 0 Å². The summed E-state index contributed by atoms with van der Waals surface area (Å²) in [5.74, 6) is -1.26. The molecule has 5 heteroatoms. The van der Waals surface area contributed by atoms with E-state index >= 15 is 0 Å². The predicted molar refractivity (Wildman–Crippen MR) is 68.8 cm³/mol. The van der Waals surface area contributed by atoms with Crippen LogP contribution in [0.1, 0.15) is 24.9 Å². The summed E-state index contributed by atoms with van der Waals surface area (Å²) in [6.45, 7) is 1.87. The molecule has 3 unspecified atom stereocenters. The van der Waals surface area contributed by atoms with Crippen molar-refractivity contribution in [2.75, 3.05) is 7.11 Å². The predicted octanol–water partition coefficient (Wildman–Crippen LogP) is 1.59. The van der Waals surface area contributed by atoms with Gasteiger partial charge in [-0.15, -0.1) is 0 Å². The van der Waals surface area contributed by atoms with E-state index in [1.54, 1.807) is 7.11 Å². The molecule has 0 heterocycles. The molecule has 2 rings (SSSR count). The monoisotopic (exact) mass is 263 g/mol. The van der Waals surface area contributed by atoms with Gasteiger partial charge < -0.3 is 15.2 Å². The minimum atomic E-state index is -0.894. The van der Waals surface area contributed by atoms with Crippen molar-refractivity contribution in [2.24, 2.45) is 11.8 Å². The SMILES string of the molecule is COc1cccc(C(C)NC(=O)C2CC2C(=O)O)c1. The minimum absolute atomic E-state index is 0.169. The van der Waals surface area contributed by atoms with Crippen molar-refractivity contribution in [3.63, 3.8) is 0 Å². The highest BCUT2D eigenvalue weighted by atomic mass is 16.5. The highest BCUT2D eigenvalue weighted by Crippen LogP contribution is 2.39. The molecule has 1 fully saturated rings. The Hall–Kier alpha value is -2.04. The maximum Gasteiger partial charge on any atom is 0.307 e. The van der Waals surface area contributed by atoms with Crippen LogP contribution in [0.25, 0.3) is 0 Å². The van der Waals surface area contributed by atoms with E-state index in [9.17, 15) is 9.59 Å². The van der Waals surface area contributed by atoms with Crippen LogP contribution in [0.5, 0.6) is 5.75 Å². The number of amides is 1. The number of carboxylic acid groups (broad SMARTS) is 1. The average Bonchev–Trinajstić information content (AvgIpc) is 3.19. The molecule has 19 heavy (non-hydrogen) atoms. The Morgan fingerprint density at radius 1 is 1.42 bits per heavy atom. The highest BCUT2D eigenvalue weighted by molar-refractivity contribution is 5.89. The first-order valence-electron chi connectivity index (χ1n) is 6.20.